The molecule has 0 N–H and O–H groups in total. The van der Waals surface area contributed by atoms with E-state index >= 15 is 0 Å². The number of fused-ring (bicyclic) bond motifs is 1. The van der Waals surface area contributed by atoms with Crippen molar-refractivity contribution in [3.63, 3.8) is 0 Å². The largest absolute Gasteiger partial charge is 0.106 e. The van der Waals surface area contributed by atoms with Crippen LogP contribution in [0.1, 0.15) is 106 Å². The first-order valence-electron chi connectivity index (χ1n) is 16.4. The van der Waals surface area contributed by atoms with Gasteiger partial charge in [-0.3, -0.25) is 0 Å². The van der Waals surface area contributed by atoms with Crippen LogP contribution in [0.2, 0.25) is 0 Å². The highest BCUT2D eigenvalue weighted by molar-refractivity contribution is 5.83. The van der Waals surface area contributed by atoms with Gasteiger partial charge in [0.2, 0.25) is 0 Å². The molecule has 2 aromatic carbocycles. The van der Waals surface area contributed by atoms with Crippen LogP contribution in [-0.2, 0) is 5.41 Å². The first kappa shape index (κ1) is 42.5. The van der Waals surface area contributed by atoms with E-state index in [9.17, 15) is 0 Å². The maximum atomic E-state index is 4.26. The van der Waals surface area contributed by atoms with Crippen molar-refractivity contribution in [3.8, 4) is 0 Å². The molecule has 0 bridgehead atoms. The lowest BCUT2D eigenvalue weighted by Crippen LogP contribution is -2.17. The number of hydrogen-bond donors (Lipinski definition) is 0. The predicted molar refractivity (Wildman–Crippen MR) is 206 cm³/mol. The molecule has 1 aliphatic carbocycles. The van der Waals surface area contributed by atoms with Gasteiger partial charge in [0.05, 0.1) is 0 Å². The van der Waals surface area contributed by atoms with Crippen molar-refractivity contribution >= 4 is 11.1 Å². The molecule has 240 valence electrons. The van der Waals surface area contributed by atoms with E-state index in [1.807, 2.05) is 82.4 Å². The fourth-order valence-corrected chi connectivity index (χ4v) is 4.94. The smallest absolute Gasteiger partial charge is 0.0161 e. The molecule has 0 spiro atoms. The Morgan fingerprint density at radius 2 is 1.14 bits per heavy atom. The molecule has 0 amide bonds. The molecule has 0 heteroatoms. The Balaban J connectivity index is 0. The van der Waals surface area contributed by atoms with E-state index < -0.39 is 0 Å². The van der Waals surface area contributed by atoms with Gasteiger partial charge in [0.25, 0.3) is 0 Å². The standard InChI is InChI=1S/C19H22.C13H14.C8H18.C2H6.C2H4/c1-6-7-8-11-14(2)18-15(3)16-12-9-10-13-17(16)19(18,4)5;1-3-4-6-9-12(2)13-10-7-5-8-11-13;1-5-7(3)8(4)6-2;2*1-2/h6-13H,2H2,1,3-5H3;3-11H,2H2,1H3;7-8H,5-6H2,1-4H3;1-2H3;1-2H2/b7-6-,11-8-;4-3-,9-6-;;;. The highest BCUT2D eigenvalue weighted by atomic mass is 14.4. The average molecular weight is 593 g/mol. The van der Waals surface area contributed by atoms with Gasteiger partial charge in [0.15, 0.2) is 0 Å². The van der Waals surface area contributed by atoms with Gasteiger partial charge in [-0.2, -0.15) is 0 Å². The van der Waals surface area contributed by atoms with E-state index in [2.05, 4.69) is 123 Å². The molecule has 3 rings (SSSR count). The normalized spacial score (nSPS) is 14.3. The molecular formula is C44H64. The lowest BCUT2D eigenvalue weighted by atomic mass is 9.78. The molecule has 2 unspecified atom stereocenters. The summed E-state index contributed by atoms with van der Waals surface area (Å²) >= 11 is 0. The van der Waals surface area contributed by atoms with Gasteiger partial charge in [-0.25, -0.2) is 0 Å². The molecule has 44 heavy (non-hydrogen) atoms. The molecule has 0 fully saturated rings. The van der Waals surface area contributed by atoms with Gasteiger partial charge in [0, 0.05) is 5.41 Å². The van der Waals surface area contributed by atoms with Crippen molar-refractivity contribution in [2.24, 2.45) is 11.8 Å². The van der Waals surface area contributed by atoms with Gasteiger partial charge in [-0.05, 0) is 71.6 Å². The Labute approximate surface area is 274 Å². The van der Waals surface area contributed by atoms with Gasteiger partial charge >= 0.3 is 0 Å². The van der Waals surface area contributed by atoms with Crippen LogP contribution in [0.3, 0.4) is 0 Å². The molecule has 2 atom stereocenters. The Bertz CT molecular complexity index is 1220. The molecule has 0 saturated heterocycles. The molecule has 0 nitrogen and oxygen atoms in total. The van der Waals surface area contributed by atoms with Gasteiger partial charge < -0.3 is 0 Å². The van der Waals surface area contributed by atoms with Crippen molar-refractivity contribution in [2.45, 2.75) is 94.4 Å². The summed E-state index contributed by atoms with van der Waals surface area (Å²) < 4.78 is 0. The SMILES string of the molecule is C=C.C=C(/C=C\C=C/C)C1=C(C)c2ccccc2C1(C)C.C=C(/C=C\C=C/C)c1ccccc1.CC.CCC(C)C(C)CC. The van der Waals surface area contributed by atoms with E-state index in [0.29, 0.717) is 0 Å². The molecular weight excluding hydrogens is 528 g/mol. The minimum Gasteiger partial charge on any atom is -0.106 e. The minimum atomic E-state index is 0.0397. The van der Waals surface area contributed by atoms with Crippen molar-refractivity contribution in [2.75, 3.05) is 0 Å². The molecule has 0 saturated carbocycles. The minimum absolute atomic E-state index is 0.0397. The Morgan fingerprint density at radius 1 is 0.705 bits per heavy atom. The van der Waals surface area contributed by atoms with E-state index in [-0.39, 0.29) is 5.41 Å². The predicted octanol–water partition coefficient (Wildman–Crippen LogP) is 14.2. The zero-order valence-electron chi connectivity index (χ0n) is 30.2. The summed E-state index contributed by atoms with van der Waals surface area (Å²) in [6.45, 7) is 38.2. The van der Waals surface area contributed by atoms with Crippen LogP contribution < -0.4 is 0 Å². The van der Waals surface area contributed by atoms with Crippen LogP contribution in [0.25, 0.3) is 11.1 Å². The molecule has 0 heterocycles. The quantitative estimate of drug-likeness (QED) is 0.201. The van der Waals surface area contributed by atoms with Crippen molar-refractivity contribution < 1.29 is 0 Å². The summed E-state index contributed by atoms with van der Waals surface area (Å²) in [6.07, 6.45) is 18.9. The fraction of sp³-hybridized carbons (Fsp3) is 0.364. The zero-order valence-corrected chi connectivity index (χ0v) is 30.2. The fourth-order valence-electron chi connectivity index (χ4n) is 4.94. The number of hydrogen-bond acceptors (Lipinski definition) is 0. The number of rotatable bonds is 9. The number of allylic oxidation sites excluding steroid dienone is 12. The molecule has 2 aromatic rings. The first-order valence-corrected chi connectivity index (χ1v) is 16.4. The highest BCUT2D eigenvalue weighted by Gasteiger charge is 2.36. The summed E-state index contributed by atoms with van der Waals surface area (Å²) in [5.74, 6) is 1.83. The van der Waals surface area contributed by atoms with Gasteiger partial charge in [-0.1, -0.05) is 185 Å². The summed E-state index contributed by atoms with van der Waals surface area (Å²) in [6, 6.07) is 18.8. The van der Waals surface area contributed by atoms with Crippen LogP contribution in [0, 0.1) is 11.8 Å². The molecule has 0 aliphatic heterocycles. The second kappa shape index (κ2) is 24.8. The topological polar surface area (TPSA) is 0 Å². The van der Waals surface area contributed by atoms with E-state index in [1.165, 1.54) is 40.7 Å². The van der Waals surface area contributed by atoms with Gasteiger partial charge in [0.1, 0.15) is 0 Å². The van der Waals surface area contributed by atoms with Crippen LogP contribution >= 0.6 is 0 Å². The van der Waals surface area contributed by atoms with E-state index in [0.717, 1.165) is 23.0 Å². The van der Waals surface area contributed by atoms with Crippen molar-refractivity contribution in [3.05, 3.63) is 157 Å². The van der Waals surface area contributed by atoms with Crippen molar-refractivity contribution in [1.82, 2.24) is 0 Å². The van der Waals surface area contributed by atoms with Gasteiger partial charge in [-0.15, -0.1) is 13.2 Å². The van der Waals surface area contributed by atoms with E-state index in [4.69, 9.17) is 0 Å². The Hall–Kier alpha value is -3.64. The second-order valence-electron chi connectivity index (χ2n) is 11.1. The van der Waals surface area contributed by atoms with E-state index in [1.54, 1.807) is 0 Å². The van der Waals surface area contributed by atoms with Crippen molar-refractivity contribution in [1.29, 1.82) is 0 Å². The first-order chi connectivity index (χ1) is 21.1. The summed E-state index contributed by atoms with van der Waals surface area (Å²) in [4.78, 5) is 0. The summed E-state index contributed by atoms with van der Waals surface area (Å²) in [5.41, 5.74) is 8.84. The Morgan fingerprint density at radius 3 is 1.57 bits per heavy atom. The third-order valence-electron chi connectivity index (χ3n) is 7.93. The molecule has 1 aliphatic rings. The van der Waals surface area contributed by atoms with Crippen LogP contribution in [-0.4, -0.2) is 0 Å². The third-order valence-corrected chi connectivity index (χ3v) is 7.93. The third kappa shape index (κ3) is 14.2. The highest BCUT2D eigenvalue weighted by Crippen LogP contribution is 2.48. The molecule has 0 aromatic heterocycles. The lowest BCUT2D eigenvalue weighted by molar-refractivity contribution is 0.367. The summed E-state index contributed by atoms with van der Waals surface area (Å²) in [7, 11) is 0. The lowest BCUT2D eigenvalue weighted by Gasteiger charge is -2.25. The average Bonchev–Trinajstić information content (AvgIpc) is 3.27. The van der Waals surface area contributed by atoms with Crippen LogP contribution in [0.4, 0.5) is 0 Å². The van der Waals surface area contributed by atoms with Crippen LogP contribution in [0.5, 0.6) is 0 Å². The van der Waals surface area contributed by atoms with Crippen LogP contribution in [0.15, 0.2) is 141 Å². The monoisotopic (exact) mass is 593 g/mol. The maximum Gasteiger partial charge on any atom is 0.0161 e. The maximum absolute atomic E-state index is 4.26. The zero-order chi connectivity index (χ0) is 34.1. The number of benzene rings is 2. The Kier molecular flexibility index (Phi) is 23.9. The molecule has 0 radical (unpaired) electrons. The summed E-state index contributed by atoms with van der Waals surface area (Å²) in [5, 5.41) is 0. The second-order valence-corrected chi connectivity index (χ2v) is 11.1.